The first kappa shape index (κ1) is 20.3. The highest BCUT2D eigenvalue weighted by Gasteiger charge is 2.38. The van der Waals surface area contributed by atoms with Crippen LogP contribution in [0.2, 0.25) is 0 Å². The third-order valence-electron chi connectivity index (χ3n) is 5.46. The normalized spacial score (nSPS) is 24.9. The third kappa shape index (κ3) is 3.90. The number of hydrogen-bond acceptors (Lipinski definition) is 5. The number of amides is 2. The summed E-state index contributed by atoms with van der Waals surface area (Å²) < 4.78 is 3.42. The zero-order valence-corrected chi connectivity index (χ0v) is 16.9. The van der Waals surface area contributed by atoms with E-state index in [0.717, 1.165) is 24.2 Å². The molecule has 2 aromatic rings. The summed E-state index contributed by atoms with van der Waals surface area (Å²) in [4.78, 5) is 27.5. The van der Waals surface area contributed by atoms with Crippen molar-refractivity contribution in [3.8, 4) is 0 Å². The predicted octanol–water partition coefficient (Wildman–Crippen LogP) is 0.190. The van der Waals surface area contributed by atoms with Crippen LogP contribution < -0.4 is 15.5 Å². The predicted molar refractivity (Wildman–Crippen MR) is 106 cm³/mol. The number of aromatic nitrogens is 4. The molecule has 2 fully saturated rings. The Labute approximate surface area is 169 Å². The van der Waals surface area contributed by atoms with Gasteiger partial charge in [0.25, 0.3) is 0 Å². The lowest BCUT2D eigenvalue weighted by atomic mass is 9.89. The molecule has 9 nitrogen and oxygen atoms in total. The number of piperidine rings is 1. The molecule has 3 atom stereocenters. The number of halogens is 1. The molecule has 0 bridgehead atoms. The number of nitrogens with zero attached hydrogens (tertiary/aromatic N) is 5. The van der Waals surface area contributed by atoms with E-state index in [0.29, 0.717) is 19.5 Å². The molecule has 2 saturated heterocycles. The molecular formula is C18H26ClN7O2. The van der Waals surface area contributed by atoms with Crippen molar-refractivity contribution in [2.24, 2.45) is 20.0 Å². The van der Waals surface area contributed by atoms with E-state index in [4.69, 9.17) is 0 Å². The summed E-state index contributed by atoms with van der Waals surface area (Å²) in [5.74, 6) is -0.255. The molecule has 28 heavy (non-hydrogen) atoms. The van der Waals surface area contributed by atoms with Gasteiger partial charge in [0.1, 0.15) is 6.04 Å². The highest BCUT2D eigenvalue weighted by molar-refractivity contribution is 6.00. The largest absolute Gasteiger partial charge is 0.344 e. The molecule has 0 saturated carbocycles. The van der Waals surface area contributed by atoms with Gasteiger partial charge in [-0.3, -0.25) is 19.0 Å². The monoisotopic (exact) mass is 407 g/mol. The number of hydrogen-bond donors (Lipinski definition) is 2. The van der Waals surface area contributed by atoms with E-state index >= 15 is 0 Å². The minimum absolute atomic E-state index is 0. The lowest BCUT2D eigenvalue weighted by molar-refractivity contribution is -0.130. The van der Waals surface area contributed by atoms with Crippen molar-refractivity contribution in [3.63, 3.8) is 0 Å². The van der Waals surface area contributed by atoms with Gasteiger partial charge in [-0.25, -0.2) is 0 Å². The highest BCUT2D eigenvalue weighted by atomic mass is 35.5. The van der Waals surface area contributed by atoms with Gasteiger partial charge in [0, 0.05) is 52.0 Å². The Bertz CT molecular complexity index is 849. The fourth-order valence-corrected chi connectivity index (χ4v) is 4.03. The quantitative estimate of drug-likeness (QED) is 0.754. The Morgan fingerprint density at radius 1 is 1.18 bits per heavy atom. The summed E-state index contributed by atoms with van der Waals surface area (Å²) in [5, 5.41) is 14.6. The molecule has 2 aromatic heterocycles. The van der Waals surface area contributed by atoms with E-state index in [1.54, 1.807) is 20.5 Å². The van der Waals surface area contributed by atoms with Crippen LogP contribution in [-0.4, -0.2) is 57.1 Å². The van der Waals surface area contributed by atoms with Crippen molar-refractivity contribution < 1.29 is 9.59 Å². The van der Waals surface area contributed by atoms with Crippen LogP contribution in [0.25, 0.3) is 0 Å². The van der Waals surface area contributed by atoms with Gasteiger partial charge in [0.15, 0.2) is 0 Å². The van der Waals surface area contributed by atoms with E-state index in [9.17, 15) is 9.59 Å². The Morgan fingerprint density at radius 2 is 1.93 bits per heavy atom. The maximum Gasteiger partial charge on any atom is 0.249 e. The Balaban J connectivity index is 0.00000225. The smallest absolute Gasteiger partial charge is 0.249 e. The maximum absolute atomic E-state index is 12.9. The van der Waals surface area contributed by atoms with Gasteiger partial charge in [-0.05, 0) is 18.4 Å². The fraction of sp³-hybridized carbons (Fsp3) is 0.556. The van der Waals surface area contributed by atoms with Crippen LogP contribution in [0.4, 0.5) is 5.69 Å². The van der Waals surface area contributed by atoms with E-state index in [2.05, 4.69) is 20.8 Å². The fourth-order valence-electron chi connectivity index (χ4n) is 4.03. The van der Waals surface area contributed by atoms with Crippen LogP contribution in [0.3, 0.4) is 0 Å². The van der Waals surface area contributed by atoms with E-state index < -0.39 is 6.04 Å². The van der Waals surface area contributed by atoms with Crippen LogP contribution in [0, 0.1) is 5.92 Å². The topological polar surface area (TPSA) is 97.1 Å². The average Bonchev–Trinajstić information content (AvgIpc) is 3.37. The second-order valence-corrected chi connectivity index (χ2v) is 7.38. The summed E-state index contributed by atoms with van der Waals surface area (Å²) in [6.07, 6.45) is 8.78. The standard InChI is InChI=1S/C18H25N7O2.ClH/c1-23-10-12(6-20-23)14-8-19-9-15(14)17(26)22-16-4-3-5-25(18(16)27)13-7-21-24(2)11-13;/h6-7,10-11,14-16,19H,3-5,8-9H2,1-2H3,(H,22,26);1H/t14-,15+,16?;/m1./s1. The Morgan fingerprint density at radius 3 is 2.61 bits per heavy atom. The molecule has 1 unspecified atom stereocenters. The average molecular weight is 408 g/mol. The van der Waals surface area contributed by atoms with Crippen molar-refractivity contribution in [3.05, 3.63) is 30.4 Å². The molecule has 2 aliphatic heterocycles. The number of rotatable bonds is 4. The molecule has 2 N–H and O–H groups in total. The molecule has 0 radical (unpaired) electrons. The van der Waals surface area contributed by atoms with Crippen LogP contribution in [0.15, 0.2) is 24.8 Å². The number of anilines is 1. The zero-order valence-electron chi connectivity index (χ0n) is 16.0. The molecule has 0 spiro atoms. The van der Waals surface area contributed by atoms with Gasteiger partial charge in [0.05, 0.1) is 24.0 Å². The van der Waals surface area contributed by atoms with Crippen molar-refractivity contribution in [1.29, 1.82) is 0 Å². The summed E-state index contributed by atoms with van der Waals surface area (Å²) in [6, 6.07) is -0.485. The van der Waals surface area contributed by atoms with Gasteiger partial charge in [0.2, 0.25) is 11.8 Å². The van der Waals surface area contributed by atoms with Gasteiger partial charge >= 0.3 is 0 Å². The summed E-state index contributed by atoms with van der Waals surface area (Å²) >= 11 is 0. The van der Waals surface area contributed by atoms with Gasteiger partial charge in [-0.1, -0.05) is 0 Å². The number of aryl methyl sites for hydroxylation is 2. The number of carbonyl (C=O) groups is 2. The molecule has 2 aliphatic rings. The Hall–Kier alpha value is -2.39. The van der Waals surface area contributed by atoms with Crippen LogP contribution in [0.5, 0.6) is 0 Å². The van der Waals surface area contributed by atoms with Crippen molar-refractivity contribution in [2.45, 2.75) is 24.8 Å². The molecular weight excluding hydrogens is 382 g/mol. The minimum atomic E-state index is -0.485. The first-order valence-electron chi connectivity index (χ1n) is 9.32. The molecule has 2 amide bonds. The first-order chi connectivity index (χ1) is 13.0. The van der Waals surface area contributed by atoms with Crippen molar-refractivity contribution >= 4 is 29.9 Å². The first-order valence-corrected chi connectivity index (χ1v) is 9.32. The molecule has 0 aliphatic carbocycles. The van der Waals surface area contributed by atoms with E-state index in [-0.39, 0.29) is 36.1 Å². The number of carbonyl (C=O) groups excluding carboxylic acids is 2. The third-order valence-corrected chi connectivity index (χ3v) is 5.46. The van der Waals surface area contributed by atoms with Crippen molar-refractivity contribution in [1.82, 2.24) is 30.2 Å². The minimum Gasteiger partial charge on any atom is -0.344 e. The summed E-state index contributed by atoms with van der Waals surface area (Å²) in [6.45, 7) is 2.00. The molecule has 0 aromatic carbocycles. The maximum atomic E-state index is 12.9. The molecule has 4 rings (SSSR count). The lowest BCUT2D eigenvalue weighted by Gasteiger charge is -2.32. The Kier molecular flexibility index (Phi) is 6.04. The summed E-state index contributed by atoms with van der Waals surface area (Å²) in [7, 11) is 3.69. The van der Waals surface area contributed by atoms with E-state index in [1.807, 2.05) is 32.7 Å². The van der Waals surface area contributed by atoms with Crippen LogP contribution in [0.1, 0.15) is 24.3 Å². The van der Waals surface area contributed by atoms with E-state index in [1.165, 1.54) is 0 Å². The second-order valence-electron chi connectivity index (χ2n) is 7.38. The molecule has 152 valence electrons. The number of nitrogens with one attached hydrogen (secondary N) is 2. The second kappa shape index (κ2) is 8.32. The van der Waals surface area contributed by atoms with Gasteiger partial charge in [-0.2, -0.15) is 10.2 Å². The van der Waals surface area contributed by atoms with Crippen LogP contribution >= 0.6 is 12.4 Å². The zero-order chi connectivity index (χ0) is 19.0. The molecule has 10 heteroatoms. The van der Waals surface area contributed by atoms with Crippen LogP contribution in [-0.2, 0) is 23.7 Å². The molecule has 4 heterocycles. The lowest BCUT2D eigenvalue weighted by Crippen LogP contribution is -2.54. The van der Waals surface area contributed by atoms with Gasteiger partial charge in [-0.15, -0.1) is 12.4 Å². The SMILES string of the molecule is Cl.Cn1cc([C@H]2CNC[C@@H]2C(=O)NC2CCCN(c3cnn(C)c3)C2=O)cn1. The highest BCUT2D eigenvalue weighted by Crippen LogP contribution is 2.28. The van der Waals surface area contributed by atoms with Crippen molar-refractivity contribution in [2.75, 3.05) is 24.5 Å². The van der Waals surface area contributed by atoms with Gasteiger partial charge < -0.3 is 15.5 Å². The summed E-state index contributed by atoms with van der Waals surface area (Å²) in [5.41, 5.74) is 1.83.